The number of anilines is 1. The molecule has 1 saturated carbocycles. The van der Waals surface area contributed by atoms with E-state index in [1.54, 1.807) is 19.1 Å². The van der Waals surface area contributed by atoms with E-state index >= 15 is 0 Å². The number of carbonyl (C=O) groups is 1. The van der Waals surface area contributed by atoms with Crippen molar-refractivity contribution < 1.29 is 14.3 Å². The van der Waals surface area contributed by atoms with Crippen LogP contribution in [0.15, 0.2) is 24.3 Å². The number of rotatable bonds is 8. The Morgan fingerprint density at radius 1 is 1.43 bits per heavy atom. The Bertz CT molecular complexity index is 488. The normalized spacial score (nSPS) is 17.3. The van der Waals surface area contributed by atoms with Crippen LogP contribution in [0.4, 0.5) is 10.1 Å². The maximum atomic E-state index is 13.0. The van der Waals surface area contributed by atoms with Crippen molar-refractivity contribution in [2.75, 3.05) is 18.0 Å². The van der Waals surface area contributed by atoms with Crippen LogP contribution in [0.2, 0.25) is 0 Å². The Hall–Kier alpha value is -1.62. The van der Waals surface area contributed by atoms with Crippen LogP contribution in [-0.2, 0) is 4.79 Å². The molecule has 0 amide bonds. The van der Waals surface area contributed by atoms with Crippen LogP contribution >= 0.6 is 0 Å². The van der Waals surface area contributed by atoms with Gasteiger partial charge in [0.1, 0.15) is 11.4 Å². The average Bonchev–Trinajstić information content (AvgIpc) is 3.25. The van der Waals surface area contributed by atoms with E-state index in [-0.39, 0.29) is 5.82 Å². The molecule has 0 radical (unpaired) electrons. The molecule has 2 rings (SSSR count). The first-order valence-corrected chi connectivity index (χ1v) is 7.46. The molecule has 1 aromatic rings. The lowest BCUT2D eigenvalue weighted by Gasteiger charge is -2.31. The maximum absolute atomic E-state index is 13.0. The van der Waals surface area contributed by atoms with Gasteiger partial charge in [0, 0.05) is 24.8 Å². The van der Waals surface area contributed by atoms with Crippen LogP contribution in [0.1, 0.15) is 33.1 Å². The van der Waals surface area contributed by atoms with Crippen molar-refractivity contribution in [2.24, 2.45) is 0 Å². The zero-order chi connectivity index (χ0) is 15.5. The summed E-state index contributed by atoms with van der Waals surface area (Å²) < 4.78 is 13.0. The van der Waals surface area contributed by atoms with Crippen LogP contribution in [-0.4, -0.2) is 35.7 Å². The topological polar surface area (TPSA) is 52.6 Å². The van der Waals surface area contributed by atoms with E-state index < -0.39 is 11.5 Å². The van der Waals surface area contributed by atoms with Gasteiger partial charge in [-0.05, 0) is 57.4 Å². The van der Waals surface area contributed by atoms with Gasteiger partial charge in [0.2, 0.25) is 0 Å². The standard InChI is InChI=1S/C16H23FN2O2/c1-3-19(14-8-4-12(17)5-9-14)11-10-16(2,15(20)21)18-13-6-7-13/h4-5,8-9,13,18H,3,6-7,10-11H2,1-2H3,(H,20,21). The van der Waals surface area contributed by atoms with Crippen LogP contribution in [0.5, 0.6) is 0 Å². The first-order valence-electron chi connectivity index (χ1n) is 7.46. The zero-order valence-corrected chi connectivity index (χ0v) is 12.6. The van der Waals surface area contributed by atoms with E-state index in [4.69, 9.17) is 0 Å². The summed E-state index contributed by atoms with van der Waals surface area (Å²) in [6.45, 7) is 5.12. The molecule has 1 aromatic carbocycles. The summed E-state index contributed by atoms with van der Waals surface area (Å²) in [4.78, 5) is 13.6. The molecule has 4 nitrogen and oxygen atoms in total. The molecule has 2 N–H and O–H groups in total. The SMILES string of the molecule is CCN(CCC(C)(NC1CC1)C(=O)O)c1ccc(F)cc1. The largest absolute Gasteiger partial charge is 0.480 e. The number of benzene rings is 1. The quantitative estimate of drug-likeness (QED) is 0.774. The van der Waals surface area contributed by atoms with Gasteiger partial charge in [-0.3, -0.25) is 10.1 Å². The minimum atomic E-state index is -0.908. The summed E-state index contributed by atoms with van der Waals surface area (Å²) in [6.07, 6.45) is 2.61. The van der Waals surface area contributed by atoms with Gasteiger partial charge >= 0.3 is 5.97 Å². The van der Waals surface area contributed by atoms with E-state index in [1.165, 1.54) is 12.1 Å². The summed E-state index contributed by atoms with van der Waals surface area (Å²) in [6, 6.07) is 6.65. The van der Waals surface area contributed by atoms with Crippen LogP contribution in [0, 0.1) is 5.82 Å². The lowest BCUT2D eigenvalue weighted by atomic mass is 9.97. The summed E-state index contributed by atoms with van der Waals surface area (Å²) in [5.74, 6) is -1.08. The minimum absolute atomic E-state index is 0.263. The van der Waals surface area contributed by atoms with Crippen molar-refractivity contribution in [2.45, 2.75) is 44.7 Å². The zero-order valence-electron chi connectivity index (χ0n) is 12.6. The molecule has 0 bridgehead atoms. The van der Waals surface area contributed by atoms with Crippen LogP contribution in [0.25, 0.3) is 0 Å². The maximum Gasteiger partial charge on any atom is 0.323 e. The van der Waals surface area contributed by atoms with Gasteiger partial charge in [-0.15, -0.1) is 0 Å². The fourth-order valence-electron chi connectivity index (χ4n) is 2.40. The fraction of sp³-hybridized carbons (Fsp3) is 0.562. The number of halogens is 1. The van der Waals surface area contributed by atoms with Gasteiger partial charge in [-0.1, -0.05) is 0 Å². The first-order chi connectivity index (χ1) is 9.94. The molecule has 0 spiro atoms. The number of hydrogen-bond donors (Lipinski definition) is 2. The van der Waals surface area contributed by atoms with E-state index in [1.807, 2.05) is 6.92 Å². The smallest absolute Gasteiger partial charge is 0.323 e. The molecule has 1 aliphatic rings. The van der Waals surface area contributed by atoms with Gasteiger partial charge < -0.3 is 10.0 Å². The van der Waals surface area contributed by atoms with Crippen molar-refractivity contribution in [1.29, 1.82) is 0 Å². The monoisotopic (exact) mass is 294 g/mol. The second kappa shape index (κ2) is 6.43. The Labute approximate surface area is 125 Å². The summed E-state index contributed by atoms with van der Waals surface area (Å²) in [7, 11) is 0. The Kier molecular flexibility index (Phi) is 4.83. The Balaban J connectivity index is 2.00. The molecular weight excluding hydrogens is 271 g/mol. The van der Waals surface area contributed by atoms with Crippen molar-refractivity contribution >= 4 is 11.7 Å². The second-order valence-corrected chi connectivity index (χ2v) is 5.86. The van der Waals surface area contributed by atoms with Gasteiger partial charge in [0.05, 0.1) is 0 Å². The number of aliphatic carboxylic acids is 1. The van der Waals surface area contributed by atoms with E-state index in [2.05, 4.69) is 10.2 Å². The Morgan fingerprint density at radius 3 is 2.52 bits per heavy atom. The molecule has 0 aromatic heterocycles. The number of hydrogen-bond acceptors (Lipinski definition) is 3. The van der Waals surface area contributed by atoms with Crippen molar-refractivity contribution in [3.63, 3.8) is 0 Å². The van der Waals surface area contributed by atoms with E-state index in [9.17, 15) is 14.3 Å². The molecule has 1 fully saturated rings. The summed E-state index contributed by atoms with van der Waals surface area (Å²) in [5, 5.41) is 12.7. The van der Waals surface area contributed by atoms with Crippen molar-refractivity contribution in [1.82, 2.24) is 5.32 Å². The van der Waals surface area contributed by atoms with Gasteiger partial charge in [0.25, 0.3) is 0 Å². The molecule has 5 heteroatoms. The molecule has 0 saturated heterocycles. The first kappa shape index (κ1) is 15.8. The predicted molar refractivity (Wildman–Crippen MR) is 81.1 cm³/mol. The summed E-state index contributed by atoms with van der Waals surface area (Å²) >= 11 is 0. The fourth-order valence-corrected chi connectivity index (χ4v) is 2.40. The highest BCUT2D eigenvalue weighted by molar-refractivity contribution is 5.78. The lowest BCUT2D eigenvalue weighted by Crippen LogP contribution is -2.52. The molecule has 21 heavy (non-hydrogen) atoms. The molecule has 116 valence electrons. The van der Waals surface area contributed by atoms with Gasteiger partial charge in [0.15, 0.2) is 0 Å². The van der Waals surface area contributed by atoms with Gasteiger partial charge in [-0.2, -0.15) is 0 Å². The minimum Gasteiger partial charge on any atom is -0.480 e. The molecule has 0 aliphatic heterocycles. The third-order valence-electron chi connectivity index (χ3n) is 4.03. The number of nitrogens with zero attached hydrogens (tertiary/aromatic N) is 1. The molecule has 1 atom stereocenters. The number of carboxylic acids is 1. The molecule has 1 aliphatic carbocycles. The highest BCUT2D eigenvalue weighted by atomic mass is 19.1. The molecular formula is C16H23FN2O2. The predicted octanol–water partition coefficient (Wildman–Crippen LogP) is 2.64. The van der Waals surface area contributed by atoms with Crippen molar-refractivity contribution in [3.8, 4) is 0 Å². The highest BCUT2D eigenvalue weighted by Gasteiger charge is 2.38. The lowest BCUT2D eigenvalue weighted by molar-refractivity contribution is -0.144. The third kappa shape index (κ3) is 4.17. The van der Waals surface area contributed by atoms with Crippen LogP contribution < -0.4 is 10.2 Å². The number of carboxylic acid groups (broad SMARTS) is 1. The molecule has 1 unspecified atom stereocenters. The van der Waals surface area contributed by atoms with Gasteiger partial charge in [-0.25, -0.2) is 4.39 Å². The Morgan fingerprint density at radius 2 is 2.05 bits per heavy atom. The average molecular weight is 294 g/mol. The second-order valence-electron chi connectivity index (χ2n) is 5.86. The molecule has 0 heterocycles. The van der Waals surface area contributed by atoms with Crippen LogP contribution in [0.3, 0.4) is 0 Å². The van der Waals surface area contributed by atoms with E-state index in [0.29, 0.717) is 19.0 Å². The van der Waals surface area contributed by atoms with Crippen molar-refractivity contribution in [3.05, 3.63) is 30.1 Å². The summed E-state index contributed by atoms with van der Waals surface area (Å²) in [5.41, 5.74) is 0.00675. The highest BCUT2D eigenvalue weighted by Crippen LogP contribution is 2.25. The van der Waals surface area contributed by atoms with E-state index in [0.717, 1.165) is 25.1 Å². The third-order valence-corrected chi connectivity index (χ3v) is 4.03. The number of nitrogens with one attached hydrogen (secondary N) is 1.